The van der Waals surface area contributed by atoms with Crippen molar-refractivity contribution in [1.29, 1.82) is 0 Å². The number of carbonyl (C=O) groups excluding carboxylic acids is 1. The smallest absolute Gasteiger partial charge is 0.408 e. The van der Waals surface area contributed by atoms with Crippen LogP contribution in [0.2, 0.25) is 0 Å². The minimum atomic E-state index is -1.10. The van der Waals surface area contributed by atoms with Crippen LogP contribution in [0.3, 0.4) is 0 Å². The first-order valence-corrected chi connectivity index (χ1v) is 5.96. The van der Waals surface area contributed by atoms with E-state index in [1.807, 2.05) is 6.92 Å². The SMILES string of the molecule is CCC[C@H]1C[C@@]1(NC(=O)OC(C)(C)C)C(=O)O. The van der Waals surface area contributed by atoms with Gasteiger partial charge in [0, 0.05) is 0 Å². The van der Waals surface area contributed by atoms with E-state index in [0.717, 1.165) is 12.8 Å². The lowest BCUT2D eigenvalue weighted by molar-refractivity contribution is -0.141. The minimum Gasteiger partial charge on any atom is -0.479 e. The second-order valence-corrected chi connectivity index (χ2v) is 5.59. The Morgan fingerprint density at radius 2 is 2.06 bits per heavy atom. The summed E-state index contributed by atoms with van der Waals surface area (Å²) in [6, 6.07) is 0. The maximum Gasteiger partial charge on any atom is 0.408 e. The second-order valence-electron chi connectivity index (χ2n) is 5.59. The first-order valence-electron chi connectivity index (χ1n) is 5.96. The number of amides is 1. The van der Waals surface area contributed by atoms with Gasteiger partial charge in [0.15, 0.2) is 0 Å². The van der Waals surface area contributed by atoms with Crippen molar-refractivity contribution in [1.82, 2.24) is 5.32 Å². The summed E-state index contributed by atoms with van der Waals surface area (Å²) < 4.78 is 5.08. The molecule has 0 aromatic heterocycles. The number of aliphatic carboxylic acids is 1. The van der Waals surface area contributed by atoms with Crippen molar-refractivity contribution in [2.75, 3.05) is 0 Å². The molecule has 1 aliphatic rings. The zero-order valence-electron chi connectivity index (χ0n) is 10.9. The Labute approximate surface area is 102 Å². The Balaban J connectivity index is 2.59. The van der Waals surface area contributed by atoms with E-state index in [-0.39, 0.29) is 5.92 Å². The van der Waals surface area contributed by atoms with Crippen LogP contribution in [0.4, 0.5) is 4.79 Å². The predicted molar refractivity (Wildman–Crippen MR) is 62.8 cm³/mol. The van der Waals surface area contributed by atoms with Crippen molar-refractivity contribution >= 4 is 12.1 Å². The molecule has 17 heavy (non-hydrogen) atoms. The molecule has 0 spiro atoms. The molecule has 5 heteroatoms. The summed E-state index contributed by atoms with van der Waals surface area (Å²) in [5, 5.41) is 11.7. The van der Waals surface area contributed by atoms with E-state index in [9.17, 15) is 14.7 Å². The van der Waals surface area contributed by atoms with Crippen molar-refractivity contribution < 1.29 is 19.4 Å². The van der Waals surface area contributed by atoms with Gasteiger partial charge >= 0.3 is 12.1 Å². The topological polar surface area (TPSA) is 75.6 Å². The largest absolute Gasteiger partial charge is 0.479 e. The molecule has 1 amide bonds. The Morgan fingerprint density at radius 3 is 2.47 bits per heavy atom. The lowest BCUT2D eigenvalue weighted by Crippen LogP contribution is -2.47. The lowest BCUT2D eigenvalue weighted by atomic mass is 10.1. The fourth-order valence-corrected chi connectivity index (χ4v) is 1.98. The maximum absolute atomic E-state index is 11.6. The van der Waals surface area contributed by atoms with E-state index in [4.69, 9.17) is 4.74 Å². The van der Waals surface area contributed by atoms with Crippen LogP contribution in [0.1, 0.15) is 47.0 Å². The second kappa shape index (κ2) is 4.55. The van der Waals surface area contributed by atoms with Crippen LogP contribution in [0, 0.1) is 5.92 Å². The number of carboxylic acid groups (broad SMARTS) is 1. The van der Waals surface area contributed by atoms with E-state index in [1.165, 1.54) is 0 Å². The van der Waals surface area contributed by atoms with E-state index in [0.29, 0.717) is 6.42 Å². The quantitative estimate of drug-likeness (QED) is 0.793. The first-order chi connectivity index (χ1) is 7.71. The standard InChI is InChI=1S/C12H21NO4/c1-5-6-8-7-12(8,9(14)15)13-10(16)17-11(2,3)4/h8H,5-7H2,1-4H3,(H,13,16)(H,14,15)/t8-,12-/m0/s1. The molecule has 5 nitrogen and oxygen atoms in total. The molecule has 0 aromatic carbocycles. The molecular formula is C12H21NO4. The first kappa shape index (κ1) is 13.8. The molecule has 1 fully saturated rings. The minimum absolute atomic E-state index is 0.0255. The monoisotopic (exact) mass is 243 g/mol. The zero-order valence-corrected chi connectivity index (χ0v) is 10.9. The van der Waals surface area contributed by atoms with E-state index < -0.39 is 23.2 Å². The molecular weight excluding hydrogens is 222 g/mol. The average molecular weight is 243 g/mol. The fourth-order valence-electron chi connectivity index (χ4n) is 1.98. The summed E-state index contributed by atoms with van der Waals surface area (Å²) >= 11 is 0. The molecule has 0 unspecified atom stereocenters. The fraction of sp³-hybridized carbons (Fsp3) is 0.833. The van der Waals surface area contributed by atoms with E-state index >= 15 is 0 Å². The molecule has 1 aliphatic carbocycles. The lowest BCUT2D eigenvalue weighted by Gasteiger charge is -2.22. The van der Waals surface area contributed by atoms with Gasteiger partial charge < -0.3 is 15.2 Å². The van der Waals surface area contributed by atoms with Gasteiger partial charge in [-0.2, -0.15) is 0 Å². The van der Waals surface area contributed by atoms with Gasteiger partial charge in [0.2, 0.25) is 0 Å². The molecule has 0 aromatic rings. The highest BCUT2D eigenvalue weighted by Gasteiger charge is 2.61. The summed E-state index contributed by atoms with van der Waals surface area (Å²) in [6.45, 7) is 7.24. The number of rotatable bonds is 4. The highest BCUT2D eigenvalue weighted by Crippen LogP contribution is 2.46. The summed E-state index contributed by atoms with van der Waals surface area (Å²) in [5.41, 5.74) is -1.71. The average Bonchev–Trinajstić information content (AvgIpc) is 2.76. The molecule has 2 N–H and O–H groups in total. The molecule has 0 saturated heterocycles. The van der Waals surface area contributed by atoms with Crippen LogP contribution in [0.25, 0.3) is 0 Å². The summed E-state index contributed by atoms with van der Waals surface area (Å²) in [5.74, 6) is -0.945. The number of carboxylic acids is 1. The van der Waals surface area contributed by atoms with Crippen LogP contribution in [0.5, 0.6) is 0 Å². The van der Waals surface area contributed by atoms with Gasteiger partial charge in [-0.15, -0.1) is 0 Å². The third-order valence-electron chi connectivity index (χ3n) is 2.85. The van der Waals surface area contributed by atoms with Crippen molar-refractivity contribution in [2.24, 2.45) is 5.92 Å². The van der Waals surface area contributed by atoms with Crippen molar-refractivity contribution in [3.05, 3.63) is 0 Å². The van der Waals surface area contributed by atoms with Gasteiger partial charge in [0.25, 0.3) is 0 Å². The van der Waals surface area contributed by atoms with E-state index in [1.54, 1.807) is 20.8 Å². The molecule has 1 rings (SSSR count). The van der Waals surface area contributed by atoms with Crippen LogP contribution in [-0.2, 0) is 9.53 Å². The summed E-state index contributed by atoms with van der Waals surface area (Å²) in [7, 11) is 0. The van der Waals surface area contributed by atoms with Crippen LogP contribution < -0.4 is 5.32 Å². The number of nitrogens with one attached hydrogen (secondary N) is 1. The molecule has 1 saturated carbocycles. The van der Waals surface area contributed by atoms with Gasteiger partial charge in [-0.1, -0.05) is 13.3 Å². The zero-order chi connectivity index (χ0) is 13.3. The Kier molecular flexibility index (Phi) is 3.69. The molecule has 98 valence electrons. The number of carbonyl (C=O) groups is 2. The number of alkyl carbamates (subject to hydrolysis) is 1. The molecule has 0 aliphatic heterocycles. The highest BCUT2D eigenvalue weighted by molar-refractivity contribution is 5.88. The van der Waals surface area contributed by atoms with Crippen LogP contribution >= 0.6 is 0 Å². The number of ether oxygens (including phenoxy) is 1. The molecule has 0 bridgehead atoms. The maximum atomic E-state index is 11.6. The molecule has 0 heterocycles. The third kappa shape index (κ3) is 3.35. The number of hydrogen-bond acceptors (Lipinski definition) is 3. The van der Waals surface area contributed by atoms with Gasteiger partial charge in [-0.05, 0) is 39.5 Å². The van der Waals surface area contributed by atoms with Crippen LogP contribution in [-0.4, -0.2) is 28.3 Å². The molecule has 2 atom stereocenters. The number of hydrogen-bond donors (Lipinski definition) is 2. The Morgan fingerprint density at radius 1 is 1.47 bits per heavy atom. The van der Waals surface area contributed by atoms with Crippen molar-refractivity contribution in [3.63, 3.8) is 0 Å². The van der Waals surface area contributed by atoms with Gasteiger partial charge in [0.05, 0.1) is 0 Å². The Hall–Kier alpha value is -1.26. The third-order valence-corrected chi connectivity index (χ3v) is 2.85. The van der Waals surface area contributed by atoms with Crippen LogP contribution in [0.15, 0.2) is 0 Å². The summed E-state index contributed by atoms with van der Waals surface area (Å²) in [4.78, 5) is 22.8. The normalized spacial score (nSPS) is 27.4. The summed E-state index contributed by atoms with van der Waals surface area (Å²) in [6.07, 6.45) is 1.56. The van der Waals surface area contributed by atoms with E-state index in [2.05, 4.69) is 5.32 Å². The van der Waals surface area contributed by atoms with Gasteiger partial charge in [0.1, 0.15) is 11.1 Å². The van der Waals surface area contributed by atoms with Gasteiger partial charge in [-0.25, -0.2) is 9.59 Å². The van der Waals surface area contributed by atoms with Gasteiger partial charge in [-0.3, -0.25) is 0 Å². The van der Waals surface area contributed by atoms with Crippen molar-refractivity contribution in [3.8, 4) is 0 Å². The Bertz CT molecular complexity index is 321. The predicted octanol–water partition coefficient (Wildman–Crippen LogP) is 2.15. The molecule has 0 radical (unpaired) electrons. The highest BCUT2D eigenvalue weighted by atomic mass is 16.6. The van der Waals surface area contributed by atoms with Crippen molar-refractivity contribution in [2.45, 2.75) is 58.1 Å².